The van der Waals surface area contributed by atoms with E-state index in [1.54, 1.807) is 26.5 Å². The third-order valence-electron chi connectivity index (χ3n) is 5.19. The number of sulfonamides is 1. The molecular weight excluding hydrogens is 368 g/mol. The predicted molar refractivity (Wildman–Crippen MR) is 98.9 cm³/mol. The van der Waals surface area contributed by atoms with Gasteiger partial charge in [0.05, 0.1) is 17.9 Å². The first-order valence-electron chi connectivity index (χ1n) is 9.15. The van der Waals surface area contributed by atoms with Gasteiger partial charge in [-0.2, -0.15) is 9.40 Å². The molecule has 2 saturated heterocycles. The number of carbonyl (C=O) groups is 1. The fraction of sp³-hybridized carbons (Fsp3) is 0.588. The minimum atomic E-state index is -3.60. The van der Waals surface area contributed by atoms with Gasteiger partial charge < -0.3 is 9.47 Å². The molecule has 0 radical (unpaired) electrons. The van der Waals surface area contributed by atoms with Gasteiger partial charge in [0.25, 0.3) is 10.0 Å². The van der Waals surface area contributed by atoms with Crippen molar-refractivity contribution in [2.24, 2.45) is 7.05 Å². The number of aromatic nitrogens is 4. The predicted octanol–water partition coefficient (Wildman–Crippen LogP) is 1.11. The van der Waals surface area contributed by atoms with E-state index in [1.807, 2.05) is 27.1 Å². The molecule has 9 nitrogen and oxygen atoms in total. The molecule has 0 N–H and O–H groups in total. The smallest absolute Gasteiger partial charge is 0.262 e. The zero-order chi connectivity index (χ0) is 19.3. The first-order chi connectivity index (χ1) is 12.8. The number of rotatable bonds is 5. The maximum absolute atomic E-state index is 12.8. The fourth-order valence-electron chi connectivity index (χ4n) is 3.61. The van der Waals surface area contributed by atoms with Crippen LogP contribution in [-0.4, -0.2) is 57.6 Å². The van der Waals surface area contributed by atoms with Crippen LogP contribution in [0.1, 0.15) is 44.5 Å². The second-order valence-electron chi connectivity index (χ2n) is 7.51. The van der Waals surface area contributed by atoms with E-state index < -0.39 is 10.0 Å². The molecule has 2 aliphatic heterocycles. The summed E-state index contributed by atoms with van der Waals surface area (Å²) in [5, 5.41) is 4.42. The summed E-state index contributed by atoms with van der Waals surface area (Å²) in [5.74, 6) is 1.01. The first-order valence-corrected chi connectivity index (χ1v) is 10.6. The highest BCUT2D eigenvalue weighted by molar-refractivity contribution is 7.89. The second kappa shape index (κ2) is 6.45. The Bertz CT molecular complexity index is 971. The topological polar surface area (TPSA) is 93.3 Å². The van der Waals surface area contributed by atoms with Crippen LogP contribution in [0.15, 0.2) is 23.6 Å². The van der Waals surface area contributed by atoms with E-state index in [1.165, 1.54) is 4.31 Å². The van der Waals surface area contributed by atoms with Crippen LogP contribution in [0.4, 0.5) is 5.69 Å². The van der Waals surface area contributed by atoms with Crippen LogP contribution in [-0.2, 0) is 21.9 Å². The molecule has 27 heavy (non-hydrogen) atoms. The van der Waals surface area contributed by atoms with E-state index in [0.717, 1.165) is 17.9 Å². The number of aryl methyl sites for hydroxylation is 1. The molecule has 2 aromatic heterocycles. The lowest BCUT2D eigenvalue weighted by atomic mass is 10.2. The quantitative estimate of drug-likeness (QED) is 0.760. The van der Waals surface area contributed by atoms with Crippen LogP contribution in [0.5, 0.6) is 0 Å². The average molecular weight is 392 g/mol. The van der Waals surface area contributed by atoms with Crippen LogP contribution >= 0.6 is 0 Å². The average Bonchev–Trinajstić information content (AvgIpc) is 3.25. The third-order valence-corrected chi connectivity index (χ3v) is 6.89. The van der Waals surface area contributed by atoms with Crippen LogP contribution in [0.2, 0.25) is 0 Å². The largest absolute Gasteiger partial charge is 0.336 e. The molecular formula is C17H24N6O3S. The summed E-state index contributed by atoms with van der Waals surface area (Å²) in [6.07, 6.45) is 6.51. The Morgan fingerprint density at radius 3 is 2.56 bits per heavy atom. The minimum absolute atomic E-state index is 0.0282. The number of carbonyl (C=O) groups excluding carboxylic acids is 1. The number of imidazole rings is 1. The van der Waals surface area contributed by atoms with Crippen molar-refractivity contribution in [1.82, 2.24) is 23.6 Å². The zero-order valence-corrected chi connectivity index (χ0v) is 16.6. The van der Waals surface area contributed by atoms with Crippen LogP contribution in [0.25, 0.3) is 0 Å². The van der Waals surface area contributed by atoms with E-state index in [0.29, 0.717) is 26.1 Å². The molecule has 4 rings (SSSR count). The van der Waals surface area contributed by atoms with Gasteiger partial charge in [-0.25, -0.2) is 13.4 Å². The van der Waals surface area contributed by atoms with E-state index in [-0.39, 0.29) is 22.9 Å². The molecule has 0 saturated carbocycles. The highest BCUT2D eigenvalue weighted by Crippen LogP contribution is 2.30. The third kappa shape index (κ3) is 3.06. The highest BCUT2D eigenvalue weighted by atomic mass is 32.2. The van der Waals surface area contributed by atoms with Gasteiger partial charge in [-0.15, -0.1) is 0 Å². The molecule has 0 bridgehead atoms. The Morgan fingerprint density at radius 1 is 1.22 bits per heavy atom. The van der Waals surface area contributed by atoms with Crippen molar-refractivity contribution in [3.63, 3.8) is 0 Å². The molecule has 0 aliphatic carbocycles. The van der Waals surface area contributed by atoms with Gasteiger partial charge in [-0.05, 0) is 6.42 Å². The maximum atomic E-state index is 12.8. The summed E-state index contributed by atoms with van der Waals surface area (Å²) in [4.78, 5) is 17.9. The molecule has 2 aromatic rings. The van der Waals surface area contributed by atoms with E-state index in [2.05, 4.69) is 10.1 Å². The summed E-state index contributed by atoms with van der Waals surface area (Å²) in [6, 6.07) is -0.0282. The SMILES string of the molecule is CC(C)c1nc(S(=O)(=O)N2CC(n3cc(N4CCCC4=O)cn3)C2)cn1C. The molecule has 1 amide bonds. The minimum Gasteiger partial charge on any atom is -0.336 e. The summed E-state index contributed by atoms with van der Waals surface area (Å²) < 4.78 is 30.6. The van der Waals surface area contributed by atoms with Gasteiger partial charge in [0.15, 0.2) is 5.03 Å². The number of hydrogen-bond acceptors (Lipinski definition) is 5. The Morgan fingerprint density at radius 2 is 1.96 bits per heavy atom. The van der Waals surface area contributed by atoms with E-state index in [4.69, 9.17) is 0 Å². The van der Waals surface area contributed by atoms with Crippen molar-refractivity contribution >= 4 is 21.6 Å². The van der Waals surface area contributed by atoms with Crippen LogP contribution in [0, 0.1) is 0 Å². The van der Waals surface area contributed by atoms with Gasteiger partial charge in [0, 0.05) is 51.4 Å². The zero-order valence-electron chi connectivity index (χ0n) is 15.7. The van der Waals surface area contributed by atoms with Gasteiger partial charge in [0.2, 0.25) is 5.91 Å². The number of anilines is 1. The van der Waals surface area contributed by atoms with Crippen LogP contribution in [0.3, 0.4) is 0 Å². The van der Waals surface area contributed by atoms with E-state index >= 15 is 0 Å². The standard InChI is InChI=1S/C17H24N6O3S/c1-12(2)17-19-15(11-20(17)3)27(25,26)21-8-14(9-21)23-10-13(7-18-23)22-6-4-5-16(22)24/h7,10-12,14H,4-6,8-9H2,1-3H3. The van der Waals surface area contributed by atoms with Crippen molar-refractivity contribution in [2.75, 3.05) is 24.5 Å². The molecule has 146 valence electrons. The number of amides is 1. The first kappa shape index (κ1) is 18.2. The number of hydrogen-bond donors (Lipinski definition) is 0. The lowest BCUT2D eigenvalue weighted by Crippen LogP contribution is -2.50. The fourth-order valence-corrected chi connectivity index (χ4v) is 5.12. The second-order valence-corrected chi connectivity index (χ2v) is 9.39. The summed E-state index contributed by atoms with van der Waals surface area (Å²) in [7, 11) is -1.79. The van der Waals surface area contributed by atoms with Crippen molar-refractivity contribution in [3.05, 3.63) is 24.4 Å². The summed E-state index contributed by atoms with van der Waals surface area (Å²) >= 11 is 0. The van der Waals surface area contributed by atoms with Crippen molar-refractivity contribution in [2.45, 2.75) is 43.7 Å². The molecule has 0 atom stereocenters. The molecule has 0 aromatic carbocycles. The molecule has 2 aliphatic rings. The van der Waals surface area contributed by atoms with E-state index in [9.17, 15) is 13.2 Å². The Labute approximate surface area is 158 Å². The summed E-state index contributed by atoms with van der Waals surface area (Å²) in [6.45, 7) is 5.39. The normalized spacial score (nSPS) is 19.3. The Hall–Kier alpha value is -2.20. The Kier molecular flexibility index (Phi) is 4.34. The maximum Gasteiger partial charge on any atom is 0.262 e. The summed E-state index contributed by atoms with van der Waals surface area (Å²) in [5.41, 5.74) is 0.783. The molecule has 10 heteroatoms. The number of nitrogens with zero attached hydrogens (tertiary/aromatic N) is 6. The molecule has 4 heterocycles. The van der Waals surface area contributed by atoms with Crippen molar-refractivity contribution in [3.8, 4) is 0 Å². The van der Waals surface area contributed by atoms with Gasteiger partial charge in [-0.1, -0.05) is 13.8 Å². The van der Waals surface area contributed by atoms with Crippen molar-refractivity contribution < 1.29 is 13.2 Å². The van der Waals surface area contributed by atoms with Gasteiger partial charge in [-0.3, -0.25) is 9.48 Å². The van der Waals surface area contributed by atoms with Crippen molar-refractivity contribution in [1.29, 1.82) is 0 Å². The van der Waals surface area contributed by atoms with Gasteiger partial charge >= 0.3 is 0 Å². The highest BCUT2D eigenvalue weighted by Gasteiger charge is 2.40. The monoisotopic (exact) mass is 392 g/mol. The van der Waals surface area contributed by atoms with Gasteiger partial charge in [0.1, 0.15) is 5.82 Å². The lowest BCUT2D eigenvalue weighted by Gasteiger charge is -2.37. The molecule has 0 spiro atoms. The van der Waals surface area contributed by atoms with Crippen LogP contribution < -0.4 is 4.90 Å². The lowest BCUT2D eigenvalue weighted by molar-refractivity contribution is -0.117. The molecule has 0 unspecified atom stereocenters. The Balaban J connectivity index is 1.45. The molecule has 2 fully saturated rings.